The third kappa shape index (κ3) is 4.78. The van der Waals surface area contributed by atoms with Crippen LogP contribution in [0.5, 0.6) is 5.75 Å². The molecule has 0 saturated heterocycles. The van der Waals surface area contributed by atoms with Gasteiger partial charge in [-0.05, 0) is 31.2 Å². The zero-order chi connectivity index (χ0) is 23.6. The summed E-state index contributed by atoms with van der Waals surface area (Å²) >= 11 is 0. The first kappa shape index (κ1) is 23.7. The Balaban J connectivity index is 1.73. The average Bonchev–Trinajstić information content (AvgIpc) is 3.07. The number of aromatic nitrogens is 2. The molecule has 0 spiro atoms. The number of carbonyl (C=O) groups excluding carboxylic acids is 1. The first-order valence-corrected chi connectivity index (χ1v) is 11.7. The van der Waals surface area contributed by atoms with Gasteiger partial charge < -0.3 is 14.2 Å². The normalized spacial score (nSPS) is 11.8. The van der Waals surface area contributed by atoms with E-state index in [1.54, 1.807) is 37.3 Å². The van der Waals surface area contributed by atoms with Crippen LogP contribution in [0.1, 0.15) is 23.4 Å². The number of hydrogen-bond acceptors (Lipinski definition) is 5. The van der Waals surface area contributed by atoms with E-state index in [-0.39, 0.29) is 10.8 Å². The van der Waals surface area contributed by atoms with Gasteiger partial charge in [-0.15, -0.1) is 0 Å². The molecule has 1 amide bonds. The molecule has 8 nitrogen and oxygen atoms in total. The molecule has 0 aliphatic rings. The molecular formula is C23H30N4O4S. The fraction of sp³-hybridized carbons (Fsp3) is 0.391. The van der Waals surface area contributed by atoms with Gasteiger partial charge in [-0.3, -0.25) is 4.79 Å². The van der Waals surface area contributed by atoms with Gasteiger partial charge in [0.05, 0.1) is 23.0 Å². The van der Waals surface area contributed by atoms with E-state index in [0.29, 0.717) is 24.9 Å². The van der Waals surface area contributed by atoms with Gasteiger partial charge in [0, 0.05) is 53.1 Å². The van der Waals surface area contributed by atoms with Gasteiger partial charge in [0.15, 0.2) is 0 Å². The smallest absolute Gasteiger partial charge is 0.242 e. The quantitative estimate of drug-likeness (QED) is 0.518. The summed E-state index contributed by atoms with van der Waals surface area (Å²) < 4.78 is 33.3. The number of rotatable bonds is 8. The molecule has 3 aromatic rings. The number of amides is 1. The van der Waals surface area contributed by atoms with E-state index in [0.717, 1.165) is 28.2 Å². The minimum atomic E-state index is -3.53. The van der Waals surface area contributed by atoms with E-state index in [2.05, 4.69) is 4.98 Å². The van der Waals surface area contributed by atoms with Crippen molar-refractivity contribution in [1.29, 1.82) is 0 Å². The number of fused-ring (bicyclic) bond motifs is 1. The minimum Gasteiger partial charge on any atom is -0.496 e. The van der Waals surface area contributed by atoms with Crippen molar-refractivity contribution >= 4 is 27.0 Å². The number of aryl methyl sites for hydroxylation is 3. The number of methoxy groups -OCH3 is 1. The van der Waals surface area contributed by atoms with Crippen molar-refractivity contribution in [3.63, 3.8) is 0 Å². The highest BCUT2D eigenvalue weighted by Gasteiger charge is 2.20. The Kier molecular flexibility index (Phi) is 6.90. The summed E-state index contributed by atoms with van der Waals surface area (Å²) in [5, 5.41) is 0. The predicted octanol–water partition coefficient (Wildman–Crippen LogP) is 2.73. The van der Waals surface area contributed by atoms with Gasteiger partial charge in [0.25, 0.3) is 0 Å². The van der Waals surface area contributed by atoms with Crippen LogP contribution in [-0.2, 0) is 34.8 Å². The molecular weight excluding hydrogens is 428 g/mol. The van der Waals surface area contributed by atoms with Crippen LogP contribution in [0.15, 0.2) is 41.3 Å². The predicted molar refractivity (Wildman–Crippen MR) is 124 cm³/mol. The Morgan fingerprint density at radius 2 is 1.84 bits per heavy atom. The molecule has 0 aliphatic carbocycles. The van der Waals surface area contributed by atoms with E-state index in [1.165, 1.54) is 18.4 Å². The first-order chi connectivity index (χ1) is 15.0. The highest BCUT2D eigenvalue weighted by molar-refractivity contribution is 7.89. The van der Waals surface area contributed by atoms with E-state index >= 15 is 0 Å². The third-order valence-electron chi connectivity index (χ3n) is 5.56. The largest absolute Gasteiger partial charge is 0.496 e. The molecule has 9 heteroatoms. The second-order valence-electron chi connectivity index (χ2n) is 8.09. The number of nitrogens with zero attached hydrogens (tertiary/aromatic N) is 4. The van der Waals surface area contributed by atoms with Crippen molar-refractivity contribution in [2.75, 3.05) is 28.3 Å². The SMILES string of the molecule is COc1ccc(C)cc1CN(C)C(=O)CCc1nc2cc(S(=O)(=O)N(C)C)ccc2n1C. The molecule has 0 aliphatic heterocycles. The Morgan fingerprint density at radius 3 is 2.50 bits per heavy atom. The molecule has 3 rings (SSSR count). The molecule has 0 unspecified atom stereocenters. The van der Waals surface area contributed by atoms with Gasteiger partial charge in [0.1, 0.15) is 11.6 Å². The van der Waals surface area contributed by atoms with Gasteiger partial charge in [-0.25, -0.2) is 17.7 Å². The number of ether oxygens (including phenoxy) is 1. The summed E-state index contributed by atoms with van der Waals surface area (Å²) in [7, 11) is 4.73. The van der Waals surface area contributed by atoms with E-state index < -0.39 is 10.0 Å². The lowest BCUT2D eigenvalue weighted by atomic mass is 10.1. The van der Waals surface area contributed by atoms with Crippen molar-refractivity contribution in [1.82, 2.24) is 18.8 Å². The molecule has 2 aromatic carbocycles. The summed E-state index contributed by atoms with van der Waals surface area (Å²) in [6.45, 7) is 2.46. The van der Waals surface area contributed by atoms with Crippen molar-refractivity contribution in [3.8, 4) is 5.75 Å². The summed E-state index contributed by atoms with van der Waals surface area (Å²) in [4.78, 5) is 19.2. The number of hydrogen-bond donors (Lipinski definition) is 0. The summed E-state index contributed by atoms with van der Waals surface area (Å²) in [5.41, 5.74) is 3.48. The lowest BCUT2D eigenvalue weighted by molar-refractivity contribution is -0.130. The Labute approximate surface area is 189 Å². The molecule has 172 valence electrons. The molecule has 0 atom stereocenters. The van der Waals surface area contributed by atoms with Crippen LogP contribution in [0.4, 0.5) is 0 Å². The molecule has 0 radical (unpaired) electrons. The zero-order valence-electron chi connectivity index (χ0n) is 19.4. The molecule has 0 N–H and O–H groups in total. The van der Waals surface area contributed by atoms with Crippen molar-refractivity contribution in [2.45, 2.75) is 31.2 Å². The second kappa shape index (κ2) is 9.30. The maximum atomic E-state index is 12.8. The summed E-state index contributed by atoms with van der Waals surface area (Å²) in [6.07, 6.45) is 0.750. The van der Waals surface area contributed by atoms with Crippen LogP contribution in [0.3, 0.4) is 0 Å². The summed E-state index contributed by atoms with van der Waals surface area (Å²) in [6, 6.07) is 10.8. The first-order valence-electron chi connectivity index (χ1n) is 10.3. The number of sulfonamides is 1. The zero-order valence-corrected chi connectivity index (χ0v) is 20.2. The van der Waals surface area contributed by atoms with Crippen molar-refractivity contribution in [2.24, 2.45) is 7.05 Å². The highest BCUT2D eigenvalue weighted by Crippen LogP contribution is 2.23. The standard InChI is InChI=1S/C23H30N4O4S/c1-16-7-10-21(31-6)17(13-16)15-26(4)23(28)12-11-22-24-19-14-18(32(29,30)25(2)3)8-9-20(19)27(22)5/h7-10,13-14H,11-12,15H2,1-6H3. The van der Waals surface area contributed by atoms with Gasteiger partial charge in [-0.2, -0.15) is 0 Å². The molecule has 0 fully saturated rings. The highest BCUT2D eigenvalue weighted by atomic mass is 32.2. The average molecular weight is 459 g/mol. The van der Waals surface area contributed by atoms with Crippen LogP contribution in [0.25, 0.3) is 11.0 Å². The topological polar surface area (TPSA) is 84.7 Å². The molecule has 32 heavy (non-hydrogen) atoms. The fourth-order valence-electron chi connectivity index (χ4n) is 3.61. The van der Waals surface area contributed by atoms with Gasteiger partial charge in [-0.1, -0.05) is 17.7 Å². The van der Waals surface area contributed by atoms with E-state index in [4.69, 9.17) is 4.74 Å². The van der Waals surface area contributed by atoms with Crippen molar-refractivity contribution < 1.29 is 17.9 Å². The van der Waals surface area contributed by atoms with Crippen LogP contribution in [-0.4, -0.2) is 61.3 Å². The van der Waals surface area contributed by atoms with E-state index in [9.17, 15) is 13.2 Å². The maximum Gasteiger partial charge on any atom is 0.242 e. The fourth-order valence-corrected chi connectivity index (χ4v) is 4.53. The monoisotopic (exact) mass is 458 g/mol. The van der Waals surface area contributed by atoms with E-state index in [1.807, 2.05) is 36.7 Å². The summed E-state index contributed by atoms with van der Waals surface area (Å²) in [5.74, 6) is 1.49. The molecule has 0 saturated carbocycles. The Bertz CT molecular complexity index is 1250. The van der Waals surface area contributed by atoms with Gasteiger partial charge >= 0.3 is 0 Å². The Hall–Kier alpha value is -2.91. The van der Waals surface area contributed by atoms with Crippen LogP contribution >= 0.6 is 0 Å². The molecule has 0 bridgehead atoms. The number of benzene rings is 2. The van der Waals surface area contributed by atoms with Gasteiger partial charge in [0.2, 0.25) is 15.9 Å². The lowest BCUT2D eigenvalue weighted by Gasteiger charge is -2.19. The maximum absolute atomic E-state index is 12.8. The van der Waals surface area contributed by atoms with Crippen LogP contribution in [0.2, 0.25) is 0 Å². The molecule has 1 aromatic heterocycles. The van der Waals surface area contributed by atoms with Crippen molar-refractivity contribution in [3.05, 3.63) is 53.3 Å². The molecule has 1 heterocycles. The second-order valence-corrected chi connectivity index (χ2v) is 10.2. The lowest BCUT2D eigenvalue weighted by Crippen LogP contribution is -2.27. The number of imidazole rings is 1. The minimum absolute atomic E-state index is 0.00325. The third-order valence-corrected chi connectivity index (χ3v) is 7.37. The van der Waals surface area contributed by atoms with Crippen LogP contribution in [0, 0.1) is 6.92 Å². The van der Waals surface area contributed by atoms with Crippen LogP contribution < -0.4 is 4.74 Å². The number of carbonyl (C=O) groups is 1. The Morgan fingerprint density at radius 1 is 1.12 bits per heavy atom.